The maximum absolute atomic E-state index is 12.8. The number of anilines is 1. The maximum atomic E-state index is 12.8. The maximum Gasteiger partial charge on any atom is 0.340 e. The number of alkyl halides is 4. The molecule has 28 heavy (non-hydrogen) atoms. The molecule has 0 aliphatic heterocycles. The second kappa shape index (κ2) is 9.16. The molecule has 0 atom stereocenters. The molecule has 1 N–H and O–H groups in total. The largest absolute Gasteiger partial charge is 0.471 e. The molecule has 2 aromatic rings. The van der Waals surface area contributed by atoms with Crippen LogP contribution in [0.1, 0.15) is 27.6 Å². The number of halogens is 4. The van der Waals surface area contributed by atoms with Gasteiger partial charge in [-0.3, -0.25) is 4.79 Å². The molecule has 0 aliphatic carbocycles. The van der Waals surface area contributed by atoms with Gasteiger partial charge in [0.15, 0.2) is 6.61 Å². The van der Waals surface area contributed by atoms with Crippen LogP contribution in [0.4, 0.5) is 23.2 Å². The fraction of sp³-hybridized carbons (Fsp3) is 0.278. The van der Waals surface area contributed by atoms with Gasteiger partial charge < -0.3 is 14.8 Å². The van der Waals surface area contributed by atoms with E-state index in [2.05, 4.69) is 15.0 Å². The first-order valence-corrected chi connectivity index (χ1v) is 8.06. The van der Waals surface area contributed by atoms with Crippen molar-refractivity contribution in [2.75, 3.05) is 18.5 Å². The van der Waals surface area contributed by atoms with Gasteiger partial charge in [-0.25, -0.2) is 18.6 Å². The summed E-state index contributed by atoms with van der Waals surface area (Å²) in [6, 6.07) is 8.39. The smallest absolute Gasteiger partial charge is 0.340 e. The number of esters is 1. The van der Waals surface area contributed by atoms with Gasteiger partial charge in [0.05, 0.1) is 17.7 Å². The van der Waals surface area contributed by atoms with E-state index in [1.807, 2.05) is 0 Å². The number of hydrogen-bond donors (Lipinski definition) is 1. The second-order valence-corrected chi connectivity index (χ2v) is 5.49. The normalized spacial score (nSPS) is 11.2. The third-order valence-electron chi connectivity index (χ3n) is 3.36. The Morgan fingerprint density at radius 1 is 1.18 bits per heavy atom. The molecule has 0 radical (unpaired) electrons. The molecule has 0 aliphatic rings. The summed E-state index contributed by atoms with van der Waals surface area (Å²) in [7, 11) is 0. The summed E-state index contributed by atoms with van der Waals surface area (Å²) in [6.45, 7) is 0.334. The van der Waals surface area contributed by atoms with Gasteiger partial charge in [0.2, 0.25) is 5.88 Å². The zero-order chi connectivity index (χ0) is 20.7. The van der Waals surface area contributed by atoms with Crippen molar-refractivity contribution in [3.05, 3.63) is 53.7 Å². The molecule has 0 saturated carbocycles. The monoisotopic (exact) mass is 400 g/mol. The number of rotatable bonds is 8. The Morgan fingerprint density at radius 3 is 2.54 bits per heavy atom. The van der Waals surface area contributed by atoms with Gasteiger partial charge in [-0.1, -0.05) is 6.07 Å². The predicted octanol–water partition coefficient (Wildman–Crippen LogP) is 3.79. The number of aromatic nitrogens is 1. The minimum atomic E-state index is -4.30. The number of ether oxygens (including phenoxy) is 2. The Morgan fingerprint density at radius 2 is 1.93 bits per heavy atom. The minimum absolute atomic E-state index is 0.0644. The van der Waals surface area contributed by atoms with Crippen molar-refractivity contribution in [1.82, 2.24) is 4.98 Å². The highest BCUT2D eigenvalue weighted by Gasteiger charge is 2.41. The zero-order valence-corrected chi connectivity index (χ0v) is 14.6. The van der Waals surface area contributed by atoms with Crippen LogP contribution in [-0.4, -0.2) is 42.4 Å². The number of pyridine rings is 1. The number of nitrogens with zero attached hydrogens (tertiary/aromatic N) is 1. The molecule has 0 fully saturated rings. The van der Waals surface area contributed by atoms with Gasteiger partial charge in [-0.05, 0) is 31.2 Å². The van der Waals surface area contributed by atoms with Crippen molar-refractivity contribution in [3.63, 3.8) is 0 Å². The van der Waals surface area contributed by atoms with E-state index in [0.717, 1.165) is 12.3 Å². The zero-order valence-electron chi connectivity index (χ0n) is 14.6. The number of benzene rings is 1. The van der Waals surface area contributed by atoms with Gasteiger partial charge in [0.25, 0.3) is 5.91 Å². The van der Waals surface area contributed by atoms with Crippen molar-refractivity contribution in [2.45, 2.75) is 19.3 Å². The Labute approximate surface area is 157 Å². The van der Waals surface area contributed by atoms with Gasteiger partial charge in [0.1, 0.15) is 0 Å². The fourth-order valence-corrected chi connectivity index (χ4v) is 1.97. The number of amides is 1. The standard InChI is InChI=1S/C18H16F4N2O4/c1-2-27-16(26)11-4-3-5-13(8-11)24-15(25)12-6-7-14(23-9-12)28-10-18(21,22)17(19)20/h3-9,17H,2,10H2,1H3,(H,24,25). The first-order chi connectivity index (χ1) is 13.2. The number of carbonyl (C=O) groups is 2. The van der Waals surface area contributed by atoms with E-state index in [9.17, 15) is 27.2 Å². The van der Waals surface area contributed by atoms with Crippen molar-refractivity contribution in [2.24, 2.45) is 0 Å². The topological polar surface area (TPSA) is 77.5 Å². The summed E-state index contributed by atoms with van der Waals surface area (Å²) in [5.41, 5.74) is 0.642. The highest BCUT2D eigenvalue weighted by Crippen LogP contribution is 2.23. The summed E-state index contributed by atoms with van der Waals surface area (Å²) < 4.78 is 59.2. The van der Waals surface area contributed by atoms with E-state index in [1.165, 1.54) is 18.2 Å². The molecule has 1 heterocycles. The van der Waals surface area contributed by atoms with Gasteiger partial charge in [-0.2, -0.15) is 8.78 Å². The van der Waals surface area contributed by atoms with Gasteiger partial charge in [0, 0.05) is 18.0 Å². The molecule has 0 bridgehead atoms. The number of carbonyl (C=O) groups excluding carboxylic acids is 2. The van der Waals surface area contributed by atoms with Crippen LogP contribution >= 0.6 is 0 Å². The van der Waals surface area contributed by atoms with E-state index in [1.54, 1.807) is 19.1 Å². The first-order valence-electron chi connectivity index (χ1n) is 8.06. The molecular formula is C18H16F4N2O4. The van der Waals surface area contributed by atoms with E-state index in [4.69, 9.17) is 4.74 Å². The van der Waals surface area contributed by atoms with Crippen molar-refractivity contribution < 1.29 is 36.6 Å². The Kier molecular flexibility index (Phi) is 6.91. The summed E-state index contributed by atoms with van der Waals surface area (Å²) in [4.78, 5) is 27.6. The van der Waals surface area contributed by atoms with Crippen LogP contribution in [0.5, 0.6) is 5.88 Å². The second-order valence-electron chi connectivity index (χ2n) is 5.49. The lowest BCUT2D eigenvalue weighted by Gasteiger charge is -2.15. The highest BCUT2D eigenvalue weighted by atomic mass is 19.3. The molecule has 1 aromatic carbocycles. The van der Waals surface area contributed by atoms with Crippen LogP contribution in [0, 0.1) is 0 Å². The fourth-order valence-electron chi connectivity index (χ4n) is 1.97. The lowest BCUT2D eigenvalue weighted by atomic mass is 10.2. The third kappa shape index (κ3) is 5.66. The van der Waals surface area contributed by atoms with Crippen LogP contribution in [0.3, 0.4) is 0 Å². The molecule has 1 amide bonds. The molecule has 2 rings (SSSR count). The molecular weight excluding hydrogens is 384 g/mol. The quantitative estimate of drug-likeness (QED) is 0.539. The SMILES string of the molecule is CCOC(=O)c1cccc(NC(=O)c2ccc(OCC(F)(F)C(F)F)nc2)c1. The van der Waals surface area contributed by atoms with Crippen molar-refractivity contribution in [1.29, 1.82) is 0 Å². The van der Waals surface area contributed by atoms with E-state index < -0.39 is 30.8 Å². The van der Waals surface area contributed by atoms with Crippen molar-refractivity contribution in [3.8, 4) is 5.88 Å². The molecule has 150 valence electrons. The van der Waals surface area contributed by atoms with Crippen LogP contribution in [0.15, 0.2) is 42.6 Å². The molecule has 1 aromatic heterocycles. The lowest BCUT2D eigenvalue weighted by Crippen LogP contribution is -2.33. The third-order valence-corrected chi connectivity index (χ3v) is 3.36. The molecule has 10 heteroatoms. The first kappa shape index (κ1) is 21.1. The molecule has 0 saturated heterocycles. The average Bonchev–Trinajstić information content (AvgIpc) is 2.67. The van der Waals surface area contributed by atoms with Crippen LogP contribution in [0.2, 0.25) is 0 Å². The number of hydrogen-bond acceptors (Lipinski definition) is 5. The molecule has 6 nitrogen and oxygen atoms in total. The molecule has 0 unspecified atom stereocenters. The highest BCUT2D eigenvalue weighted by molar-refractivity contribution is 6.04. The summed E-state index contributed by atoms with van der Waals surface area (Å²) in [5, 5.41) is 2.54. The predicted molar refractivity (Wildman–Crippen MR) is 91.0 cm³/mol. The average molecular weight is 400 g/mol. The van der Waals surface area contributed by atoms with Crippen LogP contribution < -0.4 is 10.1 Å². The van der Waals surface area contributed by atoms with Crippen molar-refractivity contribution >= 4 is 17.6 Å². The summed E-state index contributed by atoms with van der Waals surface area (Å²) >= 11 is 0. The van der Waals surface area contributed by atoms with E-state index >= 15 is 0 Å². The molecule has 0 spiro atoms. The van der Waals surface area contributed by atoms with E-state index in [0.29, 0.717) is 5.69 Å². The Bertz CT molecular complexity index is 829. The summed E-state index contributed by atoms with van der Waals surface area (Å²) in [6.07, 6.45) is -2.82. The summed E-state index contributed by atoms with van der Waals surface area (Å²) in [5.74, 6) is -5.76. The van der Waals surface area contributed by atoms with Gasteiger partial charge >= 0.3 is 18.3 Å². The minimum Gasteiger partial charge on any atom is -0.471 e. The Balaban J connectivity index is 2.00. The van der Waals surface area contributed by atoms with E-state index in [-0.39, 0.29) is 23.6 Å². The Hall–Kier alpha value is -3.17. The van der Waals surface area contributed by atoms with Crippen LogP contribution in [0.25, 0.3) is 0 Å². The number of nitrogens with one attached hydrogen (secondary N) is 1. The van der Waals surface area contributed by atoms with Gasteiger partial charge in [-0.15, -0.1) is 0 Å². The van der Waals surface area contributed by atoms with Crippen LogP contribution in [-0.2, 0) is 4.74 Å². The lowest BCUT2D eigenvalue weighted by molar-refractivity contribution is -0.148.